The zero-order valence-electron chi connectivity index (χ0n) is 12.3. The molecule has 0 aliphatic rings. The zero-order chi connectivity index (χ0) is 16.2. The SMILES string of the molecule is Cc1[c]c(Oc2cccc(Oc3c(F)cccc3F)c2)ccc1. The van der Waals surface area contributed by atoms with Gasteiger partial charge in [-0.25, -0.2) is 8.78 Å². The highest BCUT2D eigenvalue weighted by Gasteiger charge is 2.11. The average molecular weight is 311 g/mol. The third-order valence-electron chi connectivity index (χ3n) is 3.09. The Kier molecular flexibility index (Phi) is 4.24. The minimum atomic E-state index is -0.761. The third-order valence-corrected chi connectivity index (χ3v) is 3.09. The fourth-order valence-electron chi connectivity index (χ4n) is 2.04. The Bertz CT molecular complexity index is 811. The summed E-state index contributed by atoms with van der Waals surface area (Å²) in [5, 5.41) is 0. The van der Waals surface area contributed by atoms with Gasteiger partial charge in [0.15, 0.2) is 17.4 Å². The molecule has 1 radical (unpaired) electrons. The molecule has 0 atom stereocenters. The van der Waals surface area contributed by atoms with E-state index in [2.05, 4.69) is 6.07 Å². The number of hydrogen-bond donors (Lipinski definition) is 0. The van der Waals surface area contributed by atoms with Crippen LogP contribution in [0.2, 0.25) is 0 Å². The molecule has 23 heavy (non-hydrogen) atoms. The number of aryl methyl sites for hydroxylation is 1. The summed E-state index contributed by atoms with van der Waals surface area (Å²) in [4.78, 5) is 0. The lowest BCUT2D eigenvalue weighted by Gasteiger charge is -2.10. The van der Waals surface area contributed by atoms with E-state index in [-0.39, 0.29) is 5.75 Å². The van der Waals surface area contributed by atoms with E-state index >= 15 is 0 Å². The number of benzene rings is 3. The molecule has 0 saturated heterocycles. The van der Waals surface area contributed by atoms with Crippen molar-refractivity contribution in [3.8, 4) is 23.0 Å². The van der Waals surface area contributed by atoms with Crippen LogP contribution in [0.15, 0.2) is 60.7 Å². The van der Waals surface area contributed by atoms with Gasteiger partial charge < -0.3 is 9.47 Å². The maximum atomic E-state index is 13.6. The molecule has 0 aliphatic carbocycles. The van der Waals surface area contributed by atoms with Gasteiger partial charge in [-0.2, -0.15) is 0 Å². The molecule has 3 aromatic carbocycles. The van der Waals surface area contributed by atoms with E-state index in [1.165, 1.54) is 6.07 Å². The highest BCUT2D eigenvalue weighted by molar-refractivity contribution is 5.40. The molecule has 0 aromatic heterocycles. The van der Waals surface area contributed by atoms with Gasteiger partial charge in [0, 0.05) is 12.1 Å². The summed E-state index contributed by atoms with van der Waals surface area (Å²) in [6.45, 7) is 1.91. The van der Waals surface area contributed by atoms with Gasteiger partial charge in [0.1, 0.15) is 17.2 Å². The van der Waals surface area contributed by atoms with Gasteiger partial charge >= 0.3 is 0 Å². The van der Waals surface area contributed by atoms with Gasteiger partial charge in [0.05, 0.1) is 0 Å². The fourth-order valence-corrected chi connectivity index (χ4v) is 2.04. The second kappa shape index (κ2) is 6.48. The average Bonchev–Trinajstić information content (AvgIpc) is 2.52. The molecular weight excluding hydrogens is 298 g/mol. The summed E-state index contributed by atoms with van der Waals surface area (Å²) in [5.41, 5.74) is 0.948. The van der Waals surface area contributed by atoms with Gasteiger partial charge in [0.25, 0.3) is 0 Å². The Morgan fingerprint density at radius 3 is 2.09 bits per heavy atom. The third kappa shape index (κ3) is 3.66. The van der Waals surface area contributed by atoms with Crippen molar-refractivity contribution in [2.75, 3.05) is 0 Å². The van der Waals surface area contributed by atoms with Crippen LogP contribution in [0.4, 0.5) is 8.78 Å². The Hall–Kier alpha value is -2.88. The molecular formula is C19H13F2O2. The van der Waals surface area contributed by atoms with Crippen molar-refractivity contribution in [1.29, 1.82) is 0 Å². The lowest BCUT2D eigenvalue weighted by molar-refractivity contribution is 0.403. The predicted octanol–water partition coefficient (Wildman–Crippen LogP) is 5.66. The minimum Gasteiger partial charge on any atom is -0.457 e. The van der Waals surface area contributed by atoms with Crippen LogP contribution in [-0.2, 0) is 0 Å². The first-order valence-electron chi connectivity index (χ1n) is 7.00. The molecule has 115 valence electrons. The number of para-hydroxylation sites is 1. The molecule has 0 N–H and O–H groups in total. The normalized spacial score (nSPS) is 10.4. The summed E-state index contributed by atoms with van der Waals surface area (Å²) < 4.78 is 38.2. The Morgan fingerprint density at radius 1 is 0.783 bits per heavy atom. The molecule has 0 aliphatic heterocycles. The van der Waals surface area contributed by atoms with E-state index in [0.29, 0.717) is 11.5 Å². The van der Waals surface area contributed by atoms with Gasteiger partial charge in [-0.3, -0.25) is 0 Å². The van der Waals surface area contributed by atoms with Crippen LogP contribution in [0.1, 0.15) is 5.56 Å². The highest BCUT2D eigenvalue weighted by atomic mass is 19.1. The van der Waals surface area contributed by atoms with Crippen molar-refractivity contribution in [3.63, 3.8) is 0 Å². The summed E-state index contributed by atoms with van der Waals surface area (Å²) in [6, 6.07) is 18.7. The van der Waals surface area contributed by atoms with Crippen LogP contribution >= 0.6 is 0 Å². The van der Waals surface area contributed by atoms with Gasteiger partial charge in [0.2, 0.25) is 0 Å². The van der Waals surface area contributed by atoms with Gasteiger partial charge in [-0.05, 0) is 42.8 Å². The van der Waals surface area contributed by atoms with Crippen LogP contribution in [0, 0.1) is 24.6 Å². The van der Waals surface area contributed by atoms with Gasteiger partial charge in [-0.1, -0.05) is 24.3 Å². The summed E-state index contributed by atoms with van der Waals surface area (Å²) >= 11 is 0. The molecule has 0 fully saturated rings. The molecule has 3 rings (SSSR count). The second-order valence-corrected chi connectivity index (χ2v) is 4.93. The van der Waals surface area contributed by atoms with Crippen molar-refractivity contribution in [2.45, 2.75) is 6.92 Å². The maximum absolute atomic E-state index is 13.6. The highest BCUT2D eigenvalue weighted by Crippen LogP contribution is 2.31. The monoisotopic (exact) mass is 311 g/mol. The molecule has 0 heterocycles. The van der Waals surface area contributed by atoms with E-state index in [0.717, 1.165) is 17.7 Å². The molecule has 2 nitrogen and oxygen atoms in total. The molecule has 3 aromatic rings. The molecule has 4 heteroatoms. The molecule has 0 saturated carbocycles. The Balaban J connectivity index is 1.83. The number of hydrogen-bond acceptors (Lipinski definition) is 2. The largest absolute Gasteiger partial charge is 0.457 e. The zero-order valence-corrected chi connectivity index (χ0v) is 12.3. The second-order valence-electron chi connectivity index (χ2n) is 4.93. The van der Waals surface area contributed by atoms with Crippen LogP contribution in [0.5, 0.6) is 23.0 Å². The first-order valence-corrected chi connectivity index (χ1v) is 7.00. The first-order chi connectivity index (χ1) is 11.1. The maximum Gasteiger partial charge on any atom is 0.198 e. The Morgan fingerprint density at radius 2 is 1.39 bits per heavy atom. The molecule has 0 bridgehead atoms. The minimum absolute atomic E-state index is 0.277. The molecule has 0 unspecified atom stereocenters. The van der Waals surface area contributed by atoms with E-state index < -0.39 is 17.4 Å². The van der Waals surface area contributed by atoms with Crippen LogP contribution in [0.3, 0.4) is 0 Å². The predicted molar refractivity (Wildman–Crippen MR) is 83.0 cm³/mol. The first kappa shape index (κ1) is 15.0. The number of rotatable bonds is 4. The van der Waals surface area contributed by atoms with Crippen LogP contribution in [0.25, 0.3) is 0 Å². The van der Waals surface area contributed by atoms with Gasteiger partial charge in [-0.15, -0.1) is 0 Å². The quantitative estimate of drug-likeness (QED) is 0.619. The van der Waals surface area contributed by atoms with Crippen molar-refractivity contribution in [1.82, 2.24) is 0 Å². The standard InChI is InChI=1S/C19H13F2O2/c1-13-5-2-6-14(11-13)22-15-7-3-8-16(12-15)23-19-17(20)9-4-10-18(19)21/h2-10,12H,1H3. The van der Waals surface area contributed by atoms with Crippen molar-refractivity contribution >= 4 is 0 Å². The van der Waals surface area contributed by atoms with E-state index in [1.807, 2.05) is 19.1 Å². The van der Waals surface area contributed by atoms with Crippen molar-refractivity contribution < 1.29 is 18.3 Å². The van der Waals surface area contributed by atoms with Crippen LogP contribution in [-0.4, -0.2) is 0 Å². The smallest absolute Gasteiger partial charge is 0.198 e. The molecule has 0 amide bonds. The summed E-state index contributed by atoms with van der Waals surface area (Å²) in [7, 11) is 0. The number of ether oxygens (including phenoxy) is 2. The van der Waals surface area contributed by atoms with E-state index in [9.17, 15) is 8.78 Å². The van der Waals surface area contributed by atoms with Crippen molar-refractivity contribution in [2.24, 2.45) is 0 Å². The number of halogens is 2. The van der Waals surface area contributed by atoms with E-state index in [1.54, 1.807) is 30.3 Å². The lowest BCUT2D eigenvalue weighted by atomic mass is 10.2. The lowest BCUT2D eigenvalue weighted by Crippen LogP contribution is -1.93. The fraction of sp³-hybridized carbons (Fsp3) is 0.0526. The summed E-state index contributed by atoms with van der Waals surface area (Å²) in [6.07, 6.45) is 0. The van der Waals surface area contributed by atoms with E-state index in [4.69, 9.17) is 9.47 Å². The Labute approximate surface area is 132 Å². The molecule has 0 spiro atoms. The topological polar surface area (TPSA) is 18.5 Å². The summed E-state index contributed by atoms with van der Waals surface area (Å²) in [5.74, 6) is -0.641. The van der Waals surface area contributed by atoms with Crippen LogP contribution < -0.4 is 9.47 Å². The van der Waals surface area contributed by atoms with Crippen molar-refractivity contribution in [3.05, 3.63) is 83.9 Å².